The lowest BCUT2D eigenvalue weighted by molar-refractivity contribution is 0.0962. The largest absolute Gasteiger partial charge is 0.376 e. The summed E-state index contributed by atoms with van der Waals surface area (Å²) >= 11 is 0. The van der Waals surface area contributed by atoms with Crippen LogP contribution in [0.25, 0.3) is 22.4 Å². The lowest BCUT2D eigenvalue weighted by Gasteiger charge is -2.17. The number of nitrogens with zero attached hydrogens (tertiary/aromatic N) is 2. The number of hydrogen-bond donors (Lipinski definition) is 2. The molecule has 1 aliphatic heterocycles. The maximum Gasteiger partial charge on any atom is 0.256 e. The van der Waals surface area contributed by atoms with E-state index in [9.17, 15) is 9.18 Å². The fraction of sp³-hybridized carbons (Fsp3) is 0.280. The number of rotatable bonds is 5. The van der Waals surface area contributed by atoms with Crippen LogP contribution in [-0.4, -0.2) is 33.2 Å². The van der Waals surface area contributed by atoms with Gasteiger partial charge in [0, 0.05) is 17.9 Å². The van der Waals surface area contributed by atoms with Crippen molar-refractivity contribution in [2.75, 3.05) is 11.9 Å². The number of amides is 1. The van der Waals surface area contributed by atoms with Gasteiger partial charge >= 0.3 is 0 Å². The lowest BCUT2D eigenvalue weighted by Crippen LogP contribution is -2.21. The van der Waals surface area contributed by atoms with Crippen LogP contribution in [0.5, 0.6) is 0 Å². The number of hydrogen-bond acceptors (Lipinski definition) is 3. The average molecular weight is 432 g/mol. The molecule has 6 nitrogen and oxygen atoms in total. The zero-order valence-corrected chi connectivity index (χ0v) is 18.1. The van der Waals surface area contributed by atoms with E-state index in [0.717, 1.165) is 47.3 Å². The van der Waals surface area contributed by atoms with E-state index in [1.54, 1.807) is 0 Å². The summed E-state index contributed by atoms with van der Waals surface area (Å²) in [6.07, 6.45) is 2.13. The molecule has 0 spiro atoms. The molecule has 4 aromatic rings. The number of aromatic nitrogens is 3. The van der Waals surface area contributed by atoms with E-state index >= 15 is 0 Å². The van der Waals surface area contributed by atoms with E-state index in [1.165, 1.54) is 24.3 Å². The smallest absolute Gasteiger partial charge is 0.256 e. The van der Waals surface area contributed by atoms with Crippen molar-refractivity contribution in [1.82, 2.24) is 14.5 Å². The molecule has 0 saturated carbocycles. The van der Waals surface area contributed by atoms with Gasteiger partial charge in [-0.15, -0.1) is 0 Å². The van der Waals surface area contributed by atoms with E-state index in [-0.39, 0.29) is 17.8 Å². The van der Waals surface area contributed by atoms with Gasteiger partial charge in [0.2, 0.25) is 0 Å². The standard InChI is InChI=1S/C25H25FN4O2/c1-15-16(2)30(14-19-6-5-13-32-19)24(29-25(31)17-9-11-18(26)12-10-17)22(15)23-27-20-7-3-4-8-21(20)28-23/h3-4,7-12,19H,5-6,13-14H2,1-2H3,(H,27,28)(H,29,31)/t19-/m1/s1. The van der Waals surface area contributed by atoms with Gasteiger partial charge in [-0.05, 0) is 68.7 Å². The molecule has 164 valence electrons. The molecule has 2 aromatic heterocycles. The molecular formula is C25H25FN4O2. The number of benzene rings is 2. The van der Waals surface area contributed by atoms with Crippen molar-refractivity contribution in [3.8, 4) is 11.4 Å². The highest BCUT2D eigenvalue weighted by Gasteiger charge is 2.26. The number of ether oxygens (including phenoxy) is 1. The normalized spacial score (nSPS) is 16.0. The Balaban J connectivity index is 1.61. The van der Waals surface area contributed by atoms with E-state index in [1.807, 2.05) is 38.1 Å². The minimum Gasteiger partial charge on any atom is -0.376 e. The van der Waals surface area contributed by atoms with Gasteiger partial charge in [0.15, 0.2) is 0 Å². The molecule has 2 aromatic carbocycles. The van der Waals surface area contributed by atoms with Crippen LogP contribution in [0.1, 0.15) is 34.5 Å². The number of carbonyl (C=O) groups is 1. The minimum atomic E-state index is -0.377. The molecule has 1 saturated heterocycles. The van der Waals surface area contributed by atoms with Gasteiger partial charge in [-0.1, -0.05) is 12.1 Å². The van der Waals surface area contributed by atoms with Crippen LogP contribution >= 0.6 is 0 Å². The Bertz CT molecular complexity index is 1250. The molecule has 1 aliphatic rings. The third kappa shape index (κ3) is 3.69. The van der Waals surface area contributed by atoms with Crippen molar-refractivity contribution in [1.29, 1.82) is 0 Å². The predicted molar refractivity (Wildman–Crippen MR) is 122 cm³/mol. The number of fused-ring (bicyclic) bond motifs is 1. The topological polar surface area (TPSA) is 71.9 Å². The Morgan fingerprint density at radius 3 is 2.72 bits per heavy atom. The first kappa shape index (κ1) is 20.5. The minimum absolute atomic E-state index is 0.102. The molecule has 0 radical (unpaired) electrons. The van der Waals surface area contributed by atoms with Gasteiger partial charge in [-0.25, -0.2) is 9.37 Å². The first-order chi connectivity index (χ1) is 15.5. The second-order valence-electron chi connectivity index (χ2n) is 8.24. The molecule has 32 heavy (non-hydrogen) atoms. The van der Waals surface area contributed by atoms with Gasteiger partial charge in [-0.2, -0.15) is 0 Å². The number of aromatic amines is 1. The van der Waals surface area contributed by atoms with Crippen molar-refractivity contribution in [2.24, 2.45) is 0 Å². The lowest BCUT2D eigenvalue weighted by atomic mass is 10.1. The van der Waals surface area contributed by atoms with Gasteiger partial charge < -0.3 is 19.6 Å². The van der Waals surface area contributed by atoms with Crippen LogP contribution in [0.3, 0.4) is 0 Å². The first-order valence-electron chi connectivity index (χ1n) is 10.8. The van der Waals surface area contributed by atoms with Crippen molar-refractivity contribution >= 4 is 22.8 Å². The molecule has 7 heteroatoms. The maximum absolute atomic E-state index is 13.3. The Hall–Kier alpha value is -3.45. The van der Waals surface area contributed by atoms with Crippen molar-refractivity contribution in [2.45, 2.75) is 39.3 Å². The van der Waals surface area contributed by atoms with Crippen LogP contribution in [0.2, 0.25) is 0 Å². The quantitative estimate of drug-likeness (QED) is 0.454. The summed E-state index contributed by atoms with van der Waals surface area (Å²) in [5.41, 5.74) is 5.13. The number of anilines is 1. The zero-order valence-electron chi connectivity index (χ0n) is 18.1. The van der Waals surface area contributed by atoms with Crippen LogP contribution in [0, 0.1) is 19.7 Å². The average Bonchev–Trinajstić information content (AvgIpc) is 3.50. The molecule has 0 unspecified atom stereocenters. The fourth-order valence-electron chi connectivity index (χ4n) is 4.36. The molecule has 1 fully saturated rings. The monoisotopic (exact) mass is 432 g/mol. The Labute approximate surface area is 185 Å². The number of nitrogens with one attached hydrogen (secondary N) is 2. The number of halogens is 1. The molecule has 5 rings (SSSR count). The molecule has 0 bridgehead atoms. The SMILES string of the molecule is Cc1c(-c2nc3ccccc3[nH]2)c(NC(=O)c2ccc(F)cc2)n(C[C@H]2CCCO2)c1C. The summed E-state index contributed by atoms with van der Waals surface area (Å²) < 4.78 is 21.3. The van der Waals surface area contributed by atoms with Crippen molar-refractivity contribution < 1.29 is 13.9 Å². The van der Waals surface area contributed by atoms with E-state index < -0.39 is 0 Å². The molecule has 3 heterocycles. The molecule has 1 atom stereocenters. The highest BCUT2D eigenvalue weighted by molar-refractivity contribution is 6.06. The predicted octanol–water partition coefficient (Wildman–Crippen LogP) is 5.22. The summed E-state index contributed by atoms with van der Waals surface area (Å²) in [6, 6.07) is 13.4. The van der Waals surface area contributed by atoms with Crippen LogP contribution in [0.15, 0.2) is 48.5 Å². The summed E-state index contributed by atoms with van der Waals surface area (Å²) in [5, 5.41) is 3.08. The maximum atomic E-state index is 13.3. The van der Waals surface area contributed by atoms with Gasteiger partial charge in [0.1, 0.15) is 17.5 Å². The molecular weight excluding hydrogens is 407 g/mol. The third-order valence-corrected chi connectivity index (χ3v) is 6.20. The van der Waals surface area contributed by atoms with Crippen LogP contribution < -0.4 is 5.32 Å². The third-order valence-electron chi connectivity index (χ3n) is 6.20. The van der Waals surface area contributed by atoms with Gasteiger partial charge in [0.25, 0.3) is 5.91 Å². The molecule has 0 aliphatic carbocycles. The van der Waals surface area contributed by atoms with E-state index in [2.05, 4.69) is 14.9 Å². The highest BCUT2D eigenvalue weighted by Crippen LogP contribution is 2.36. The summed E-state index contributed by atoms with van der Waals surface area (Å²) in [7, 11) is 0. The Morgan fingerprint density at radius 1 is 1.22 bits per heavy atom. The second kappa shape index (κ2) is 8.24. The number of carbonyl (C=O) groups excluding carboxylic acids is 1. The number of H-pyrrole nitrogens is 1. The molecule has 1 amide bonds. The Morgan fingerprint density at radius 2 is 2.00 bits per heavy atom. The fourth-order valence-corrected chi connectivity index (χ4v) is 4.36. The van der Waals surface area contributed by atoms with Crippen LogP contribution in [0.4, 0.5) is 10.2 Å². The first-order valence-corrected chi connectivity index (χ1v) is 10.8. The summed E-state index contributed by atoms with van der Waals surface area (Å²) in [6.45, 7) is 5.49. The second-order valence-corrected chi connectivity index (χ2v) is 8.24. The number of imidazole rings is 1. The van der Waals surface area contributed by atoms with E-state index in [0.29, 0.717) is 23.8 Å². The van der Waals surface area contributed by atoms with Crippen molar-refractivity contribution in [3.63, 3.8) is 0 Å². The van der Waals surface area contributed by atoms with Gasteiger partial charge in [0.05, 0.1) is 29.2 Å². The number of para-hydroxylation sites is 2. The molecule has 2 N–H and O–H groups in total. The van der Waals surface area contributed by atoms with Crippen LogP contribution in [-0.2, 0) is 11.3 Å². The highest BCUT2D eigenvalue weighted by atomic mass is 19.1. The zero-order chi connectivity index (χ0) is 22.2. The van der Waals surface area contributed by atoms with Crippen molar-refractivity contribution in [3.05, 3.63) is 71.2 Å². The summed E-state index contributed by atoms with van der Waals surface area (Å²) in [5.74, 6) is 0.697. The Kier molecular flexibility index (Phi) is 5.27. The van der Waals surface area contributed by atoms with Gasteiger partial charge in [-0.3, -0.25) is 4.79 Å². The summed E-state index contributed by atoms with van der Waals surface area (Å²) in [4.78, 5) is 21.3. The van der Waals surface area contributed by atoms with E-state index in [4.69, 9.17) is 9.72 Å².